The lowest BCUT2D eigenvalue weighted by molar-refractivity contribution is -0.143. The largest absolute Gasteiger partial charge is 0.380 e. The molecule has 7 nitrogen and oxygen atoms in total. The minimum atomic E-state index is -1.14. The molecule has 0 bridgehead atoms. The van der Waals surface area contributed by atoms with Gasteiger partial charge in [-0.05, 0) is 55.7 Å². The van der Waals surface area contributed by atoms with Crippen molar-refractivity contribution in [2.45, 2.75) is 50.0 Å². The fourth-order valence-electron chi connectivity index (χ4n) is 4.75. The molecule has 1 aliphatic heterocycles. The average molecular weight is 414 g/mol. The maximum absolute atomic E-state index is 12.9. The molecular formula is C23H31N3O4. The third kappa shape index (κ3) is 4.21. The second kappa shape index (κ2) is 8.38. The molecular weight excluding hydrogens is 382 g/mol. The van der Waals surface area contributed by atoms with Crippen molar-refractivity contribution < 1.29 is 19.5 Å². The Hall–Kier alpha value is -2.41. The van der Waals surface area contributed by atoms with E-state index in [2.05, 4.69) is 5.32 Å². The van der Waals surface area contributed by atoms with E-state index >= 15 is 0 Å². The highest BCUT2D eigenvalue weighted by molar-refractivity contribution is 5.94. The predicted molar refractivity (Wildman–Crippen MR) is 112 cm³/mol. The number of rotatable bonds is 4. The molecule has 3 fully saturated rings. The summed E-state index contributed by atoms with van der Waals surface area (Å²) < 4.78 is 0. The van der Waals surface area contributed by atoms with E-state index in [-0.39, 0.29) is 23.6 Å². The first-order chi connectivity index (χ1) is 14.4. The SMILES string of the molecule is CNC(=O)C1CCCC(c2ccc(C(=O)N3CCN(C(=O)C4(O)CC4)CC3)cc2)C1. The van der Waals surface area contributed by atoms with E-state index in [1.54, 1.807) is 16.8 Å². The lowest BCUT2D eigenvalue weighted by Crippen LogP contribution is -2.53. The Balaban J connectivity index is 1.33. The van der Waals surface area contributed by atoms with Crippen LogP contribution in [0.2, 0.25) is 0 Å². The summed E-state index contributed by atoms with van der Waals surface area (Å²) in [5.41, 5.74) is 0.698. The van der Waals surface area contributed by atoms with Gasteiger partial charge in [0.25, 0.3) is 11.8 Å². The summed E-state index contributed by atoms with van der Waals surface area (Å²) in [7, 11) is 1.69. The summed E-state index contributed by atoms with van der Waals surface area (Å²) in [4.78, 5) is 40.6. The fraction of sp³-hybridized carbons (Fsp3) is 0.609. The van der Waals surface area contributed by atoms with Crippen LogP contribution in [-0.2, 0) is 9.59 Å². The first kappa shape index (κ1) is 20.8. The second-order valence-corrected chi connectivity index (χ2v) is 8.91. The molecule has 2 saturated carbocycles. The van der Waals surface area contributed by atoms with Crippen LogP contribution in [-0.4, -0.2) is 71.5 Å². The summed E-state index contributed by atoms with van der Waals surface area (Å²) in [6.45, 7) is 1.90. The van der Waals surface area contributed by atoms with Gasteiger partial charge in [0.2, 0.25) is 5.91 Å². The Bertz CT molecular complexity index is 810. The molecule has 30 heavy (non-hydrogen) atoms. The number of nitrogens with zero attached hydrogens (tertiary/aromatic N) is 2. The summed E-state index contributed by atoms with van der Waals surface area (Å²) in [5.74, 6) is 0.334. The molecule has 1 heterocycles. The maximum atomic E-state index is 12.9. The van der Waals surface area contributed by atoms with Crippen LogP contribution in [0.25, 0.3) is 0 Å². The van der Waals surface area contributed by atoms with Gasteiger partial charge in [0.05, 0.1) is 0 Å². The van der Waals surface area contributed by atoms with E-state index in [1.165, 1.54) is 5.56 Å². The standard InChI is InChI=1S/C23H31N3O4/c1-24-20(27)19-4-2-3-18(15-19)16-5-7-17(8-6-16)21(28)25-11-13-26(14-12-25)22(29)23(30)9-10-23/h5-8,18-19,30H,2-4,9-15H2,1H3,(H,24,27). The maximum Gasteiger partial charge on any atom is 0.254 e. The van der Waals surface area contributed by atoms with Crippen molar-refractivity contribution in [1.29, 1.82) is 0 Å². The molecule has 1 aromatic carbocycles. The fourth-order valence-corrected chi connectivity index (χ4v) is 4.75. The Kier molecular flexibility index (Phi) is 5.82. The molecule has 162 valence electrons. The topological polar surface area (TPSA) is 90.0 Å². The zero-order valence-electron chi connectivity index (χ0n) is 17.6. The second-order valence-electron chi connectivity index (χ2n) is 8.91. The normalized spacial score (nSPS) is 25.5. The number of hydrogen-bond donors (Lipinski definition) is 2. The van der Waals surface area contributed by atoms with Crippen molar-refractivity contribution >= 4 is 17.7 Å². The number of benzene rings is 1. The van der Waals surface area contributed by atoms with E-state index in [4.69, 9.17) is 0 Å². The molecule has 0 spiro atoms. The molecule has 1 aromatic rings. The number of carbonyl (C=O) groups excluding carboxylic acids is 3. The highest BCUT2D eigenvalue weighted by Crippen LogP contribution is 2.37. The van der Waals surface area contributed by atoms with Crippen molar-refractivity contribution in [3.05, 3.63) is 35.4 Å². The predicted octanol–water partition coefficient (Wildman–Crippen LogP) is 1.52. The van der Waals surface area contributed by atoms with E-state index in [9.17, 15) is 19.5 Å². The summed E-state index contributed by atoms with van der Waals surface area (Å²) in [6, 6.07) is 7.80. The molecule has 0 aromatic heterocycles. The minimum absolute atomic E-state index is 0.0225. The molecule has 7 heteroatoms. The van der Waals surface area contributed by atoms with Crippen molar-refractivity contribution in [1.82, 2.24) is 15.1 Å². The summed E-state index contributed by atoms with van der Waals surface area (Å²) >= 11 is 0. The number of carbonyl (C=O) groups is 3. The molecule has 2 N–H and O–H groups in total. The molecule has 2 atom stereocenters. The lowest BCUT2D eigenvalue weighted by atomic mass is 9.77. The molecule has 3 amide bonds. The van der Waals surface area contributed by atoms with E-state index in [0.29, 0.717) is 50.5 Å². The number of nitrogens with one attached hydrogen (secondary N) is 1. The van der Waals surface area contributed by atoms with Crippen LogP contribution in [0.1, 0.15) is 60.4 Å². The molecule has 2 unspecified atom stereocenters. The van der Waals surface area contributed by atoms with Gasteiger partial charge in [-0.3, -0.25) is 14.4 Å². The molecule has 4 rings (SSSR count). The van der Waals surface area contributed by atoms with Crippen LogP contribution >= 0.6 is 0 Å². The lowest BCUT2D eigenvalue weighted by Gasteiger charge is -2.35. The molecule has 2 aliphatic carbocycles. The number of amides is 3. The number of piperazine rings is 1. The van der Waals surface area contributed by atoms with Crippen molar-refractivity contribution in [3.8, 4) is 0 Å². The van der Waals surface area contributed by atoms with Gasteiger partial charge < -0.3 is 20.2 Å². The summed E-state index contributed by atoms with van der Waals surface area (Å²) in [6.07, 6.45) is 5.00. The molecule has 0 radical (unpaired) electrons. The van der Waals surface area contributed by atoms with Gasteiger partial charge >= 0.3 is 0 Å². The first-order valence-electron chi connectivity index (χ1n) is 11.0. The van der Waals surface area contributed by atoms with Crippen LogP contribution in [0.3, 0.4) is 0 Å². The van der Waals surface area contributed by atoms with Crippen LogP contribution in [0.15, 0.2) is 24.3 Å². The minimum Gasteiger partial charge on any atom is -0.380 e. The van der Waals surface area contributed by atoms with Gasteiger partial charge in [-0.2, -0.15) is 0 Å². The van der Waals surface area contributed by atoms with Gasteiger partial charge in [0.1, 0.15) is 5.60 Å². The molecule has 3 aliphatic rings. The first-order valence-corrected chi connectivity index (χ1v) is 11.0. The van der Waals surface area contributed by atoms with Gasteiger partial charge in [-0.15, -0.1) is 0 Å². The smallest absolute Gasteiger partial charge is 0.254 e. The molecule has 1 saturated heterocycles. The van der Waals surface area contributed by atoms with Crippen molar-refractivity contribution in [3.63, 3.8) is 0 Å². The quantitative estimate of drug-likeness (QED) is 0.783. The highest BCUT2D eigenvalue weighted by Gasteiger charge is 2.50. The Morgan fingerprint density at radius 1 is 1.00 bits per heavy atom. The number of hydrogen-bond acceptors (Lipinski definition) is 4. The Labute approximate surface area is 177 Å². The van der Waals surface area contributed by atoms with E-state index in [0.717, 1.165) is 25.7 Å². The third-order valence-corrected chi connectivity index (χ3v) is 6.90. The Morgan fingerprint density at radius 2 is 1.63 bits per heavy atom. The van der Waals surface area contributed by atoms with Crippen LogP contribution in [0.5, 0.6) is 0 Å². The summed E-state index contributed by atoms with van der Waals surface area (Å²) in [5, 5.41) is 12.8. The van der Waals surface area contributed by atoms with Crippen LogP contribution in [0.4, 0.5) is 0 Å². The van der Waals surface area contributed by atoms with Gasteiger partial charge in [-0.25, -0.2) is 0 Å². The third-order valence-electron chi connectivity index (χ3n) is 6.90. The van der Waals surface area contributed by atoms with E-state index < -0.39 is 5.60 Å². The average Bonchev–Trinajstić information content (AvgIpc) is 3.56. The van der Waals surface area contributed by atoms with Crippen molar-refractivity contribution in [2.24, 2.45) is 5.92 Å². The van der Waals surface area contributed by atoms with Gasteiger partial charge in [-0.1, -0.05) is 18.6 Å². The number of aliphatic hydroxyl groups is 1. The Morgan fingerprint density at radius 3 is 2.23 bits per heavy atom. The van der Waals surface area contributed by atoms with E-state index in [1.807, 2.05) is 24.3 Å². The van der Waals surface area contributed by atoms with Crippen LogP contribution < -0.4 is 5.32 Å². The zero-order chi connectivity index (χ0) is 21.3. The monoisotopic (exact) mass is 413 g/mol. The van der Waals surface area contributed by atoms with Crippen molar-refractivity contribution in [2.75, 3.05) is 33.2 Å². The zero-order valence-corrected chi connectivity index (χ0v) is 17.6. The van der Waals surface area contributed by atoms with Gasteiger partial charge in [0.15, 0.2) is 0 Å². The van der Waals surface area contributed by atoms with Gasteiger partial charge in [0, 0.05) is 44.7 Å². The highest BCUT2D eigenvalue weighted by atomic mass is 16.3. The van der Waals surface area contributed by atoms with Crippen LogP contribution in [0, 0.1) is 5.92 Å².